The van der Waals surface area contributed by atoms with E-state index >= 15 is 0 Å². The maximum atomic E-state index is 12.1. The molecule has 0 aliphatic rings. The summed E-state index contributed by atoms with van der Waals surface area (Å²) in [6.07, 6.45) is 2.16. The fourth-order valence-corrected chi connectivity index (χ4v) is 4.60. The first-order chi connectivity index (χ1) is 8.27. The predicted molar refractivity (Wildman–Crippen MR) is 78.8 cm³/mol. The second-order valence-corrected chi connectivity index (χ2v) is 7.13. The Morgan fingerprint density at radius 2 is 1.94 bits per heavy atom. The van der Waals surface area contributed by atoms with Crippen molar-refractivity contribution in [1.82, 2.24) is 4.72 Å². The van der Waals surface area contributed by atoms with Gasteiger partial charge >= 0.3 is 0 Å². The van der Waals surface area contributed by atoms with Gasteiger partial charge in [0.15, 0.2) is 0 Å². The van der Waals surface area contributed by atoms with E-state index < -0.39 is 10.0 Å². The lowest BCUT2D eigenvalue weighted by atomic mass is 10.3. The van der Waals surface area contributed by atoms with Gasteiger partial charge < -0.3 is 0 Å². The minimum absolute atomic E-state index is 0.0766. The maximum absolute atomic E-state index is 12.1. The van der Waals surface area contributed by atoms with Crippen molar-refractivity contribution in [2.45, 2.75) is 24.3 Å². The number of benzene rings is 1. The van der Waals surface area contributed by atoms with Crippen LogP contribution in [0.15, 0.2) is 34.2 Å². The first-order valence-electron chi connectivity index (χ1n) is 5.05. The van der Waals surface area contributed by atoms with Crippen LogP contribution in [0.2, 0.25) is 10.0 Å². The van der Waals surface area contributed by atoms with Gasteiger partial charge in [0.1, 0.15) is 4.90 Å². The zero-order valence-corrected chi connectivity index (χ0v) is 13.5. The molecule has 7 heteroatoms. The summed E-state index contributed by atoms with van der Waals surface area (Å²) in [6, 6.07) is 2.70. The molecule has 0 radical (unpaired) electrons. The molecule has 0 saturated heterocycles. The summed E-state index contributed by atoms with van der Waals surface area (Å²) >= 11 is 15.0. The molecular formula is C11H12BrCl2NO2S. The van der Waals surface area contributed by atoms with Crippen molar-refractivity contribution in [3.8, 4) is 0 Å². The molecule has 1 aromatic carbocycles. The Morgan fingerprint density at radius 1 is 1.44 bits per heavy atom. The molecule has 3 nitrogen and oxygen atoms in total. The highest BCUT2D eigenvalue weighted by Crippen LogP contribution is 2.32. The van der Waals surface area contributed by atoms with E-state index in [2.05, 4.69) is 27.2 Å². The maximum Gasteiger partial charge on any atom is 0.243 e. The summed E-state index contributed by atoms with van der Waals surface area (Å²) in [5, 5.41) is 0.153. The highest BCUT2D eigenvalue weighted by molar-refractivity contribution is 9.10. The Labute approximate surface area is 125 Å². The number of halogens is 3. The van der Waals surface area contributed by atoms with E-state index in [0.29, 0.717) is 10.9 Å². The van der Waals surface area contributed by atoms with E-state index in [4.69, 9.17) is 23.2 Å². The van der Waals surface area contributed by atoms with Crippen molar-refractivity contribution >= 4 is 49.2 Å². The van der Waals surface area contributed by atoms with Crippen LogP contribution >= 0.6 is 39.1 Å². The van der Waals surface area contributed by atoms with E-state index in [1.807, 2.05) is 0 Å². The first-order valence-corrected chi connectivity index (χ1v) is 8.09. The van der Waals surface area contributed by atoms with E-state index in [-0.39, 0.29) is 21.0 Å². The molecule has 0 fully saturated rings. The third kappa shape index (κ3) is 3.96. The van der Waals surface area contributed by atoms with Gasteiger partial charge in [0.25, 0.3) is 0 Å². The zero-order chi connectivity index (χ0) is 13.9. The van der Waals surface area contributed by atoms with Crippen LogP contribution in [0.3, 0.4) is 0 Å². The average Bonchev–Trinajstić information content (AvgIpc) is 2.13. The average molecular weight is 373 g/mol. The van der Waals surface area contributed by atoms with Crippen LogP contribution in [0.5, 0.6) is 0 Å². The molecule has 0 saturated carbocycles. The van der Waals surface area contributed by atoms with E-state index in [9.17, 15) is 8.42 Å². The van der Waals surface area contributed by atoms with Crippen molar-refractivity contribution in [3.63, 3.8) is 0 Å². The second-order valence-electron chi connectivity index (χ2n) is 3.75. The lowest BCUT2D eigenvalue weighted by Gasteiger charge is -2.14. The van der Waals surface area contributed by atoms with Gasteiger partial charge in [0, 0.05) is 10.5 Å². The minimum atomic E-state index is -3.74. The number of rotatable bonds is 5. The zero-order valence-electron chi connectivity index (χ0n) is 9.58. The normalized spacial score (nSPS) is 13.3. The molecule has 0 aliphatic heterocycles. The van der Waals surface area contributed by atoms with Crippen LogP contribution in [-0.4, -0.2) is 14.5 Å². The second kappa shape index (κ2) is 6.39. The van der Waals surface area contributed by atoms with Crippen LogP contribution in [0, 0.1) is 0 Å². The minimum Gasteiger partial charge on any atom is -0.208 e. The Kier molecular flexibility index (Phi) is 5.67. The van der Waals surface area contributed by atoms with Gasteiger partial charge in [-0.05, 0) is 25.5 Å². The van der Waals surface area contributed by atoms with Crippen LogP contribution in [-0.2, 0) is 10.0 Å². The van der Waals surface area contributed by atoms with Crippen molar-refractivity contribution in [3.05, 3.63) is 39.3 Å². The summed E-state index contributed by atoms with van der Waals surface area (Å²) in [5.74, 6) is 0. The van der Waals surface area contributed by atoms with Crippen molar-refractivity contribution in [2.24, 2.45) is 0 Å². The molecule has 1 N–H and O–H groups in total. The van der Waals surface area contributed by atoms with Crippen LogP contribution < -0.4 is 4.72 Å². The van der Waals surface area contributed by atoms with Crippen molar-refractivity contribution < 1.29 is 8.42 Å². The Bertz CT molecular complexity index is 537. The molecule has 1 atom stereocenters. The molecule has 0 heterocycles. The van der Waals surface area contributed by atoms with E-state index in [1.165, 1.54) is 12.1 Å². The molecule has 0 spiro atoms. The predicted octanol–water partition coefficient (Wildman–Crippen LogP) is 4.00. The molecule has 0 aliphatic carbocycles. The van der Waals surface area contributed by atoms with Gasteiger partial charge in [-0.25, -0.2) is 13.1 Å². The van der Waals surface area contributed by atoms with Crippen LogP contribution in [0.25, 0.3) is 0 Å². The number of hydrogen-bond acceptors (Lipinski definition) is 2. The number of sulfonamides is 1. The lowest BCUT2D eigenvalue weighted by molar-refractivity contribution is 0.562. The van der Waals surface area contributed by atoms with Gasteiger partial charge in [-0.1, -0.05) is 45.2 Å². The van der Waals surface area contributed by atoms with Gasteiger partial charge in [0.05, 0.1) is 10.0 Å². The summed E-state index contributed by atoms with van der Waals surface area (Å²) in [4.78, 5) is -0.107. The third-order valence-corrected chi connectivity index (χ3v) is 5.08. The largest absolute Gasteiger partial charge is 0.243 e. The Balaban J connectivity index is 3.17. The van der Waals surface area contributed by atoms with E-state index in [1.54, 1.807) is 13.0 Å². The standard InChI is InChI=1S/C11H12BrCl2NO2S/c1-3-4-7(2)15-18(16,17)11-9(13)5-8(12)6-10(11)14/h3,5-7,15H,1,4H2,2H3. The molecule has 1 unspecified atom stereocenters. The first kappa shape index (κ1) is 16.0. The topological polar surface area (TPSA) is 46.2 Å². The van der Waals surface area contributed by atoms with E-state index in [0.717, 1.165) is 0 Å². The third-order valence-electron chi connectivity index (χ3n) is 2.11. The molecule has 18 heavy (non-hydrogen) atoms. The van der Waals surface area contributed by atoms with Gasteiger partial charge in [-0.2, -0.15) is 0 Å². The summed E-state index contributed by atoms with van der Waals surface area (Å²) < 4.78 is 27.4. The fourth-order valence-electron chi connectivity index (χ4n) is 1.41. The molecule has 0 bridgehead atoms. The van der Waals surface area contributed by atoms with Gasteiger partial charge in [0.2, 0.25) is 10.0 Å². The molecule has 0 amide bonds. The molecule has 1 aromatic rings. The highest BCUT2D eigenvalue weighted by Gasteiger charge is 2.23. The Hall–Kier alpha value is -0.0700. The highest BCUT2D eigenvalue weighted by atomic mass is 79.9. The van der Waals surface area contributed by atoms with Crippen molar-refractivity contribution in [2.75, 3.05) is 0 Å². The fraction of sp³-hybridized carbons (Fsp3) is 0.273. The summed E-state index contributed by atoms with van der Waals surface area (Å²) in [5.41, 5.74) is 0. The molecule has 0 aromatic heterocycles. The SMILES string of the molecule is C=CCC(C)NS(=O)(=O)c1c(Cl)cc(Br)cc1Cl. The molecular weight excluding hydrogens is 361 g/mol. The quantitative estimate of drug-likeness (QED) is 0.794. The lowest BCUT2D eigenvalue weighted by Crippen LogP contribution is -2.32. The van der Waals surface area contributed by atoms with Gasteiger partial charge in [-0.3, -0.25) is 0 Å². The van der Waals surface area contributed by atoms with Crippen molar-refractivity contribution in [1.29, 1.82) is 0 Å². The number of nitrogens with one attached hydrogen (secondary N) is 1. The van der Waals surface area contributed by atoms with Crippen LogP contribution in [0.1, 0.15) is 13.3 Å². The summed E-state index contributed by atoms with van der Waals surface area (Å²) in [7, 11) is -3.74. The Morgan fingerprint density at radius 3 is 2.39 bits per heavy atom. The molecule has 100 valence electrons. The summed E-state index contributed by atoms with van der Waals surface area (Å²) in [6.45, 7) is 5.29. The smallest absolute Gasteiger partial charge is 0.208 e. The monoisotopic (exact) mass is 371 g/mol. The van der Waals surface area contributed by atoms with Gasteiger partial charge in [-0.15, -0.1) is 6.58 Å². The number of hydrogen-bond donors (Lipinski definition) is 1. The van der Waals surface area contributed by atoms with Crippen LogP contribution in [0.4, 0.5) is 0 Å². The molecule has 1 rings (SSSR count).